The molecule has 0 fully saturated rings. The van der Waals surface area contributed by atoms with E-state index in [4.69, 9.17) is 9.97 Å². The molecule has 0 saturated carbocycles. The van der Waals surface area contributed by atoms with Crippen molar-refractivity contribution in [3.8, 4) is 5.95 Å². The number of para-hydroxylation sites is 2. The van der Waals surface area contributed by atoms with Gasteiger partial charge in [-0.3, -0.25) is 4.57 Å². The number of hydrogen-bond acceptors (Lipinski definition) is 3. The first-order chi connectivity index (χ1) is 20.3. The Morgan fingerprint density at radius 2 is 1.27 bits per heavy atom. The monoisotopic (exact) mass is 523 g/mol. The Balaban J connectivity index is 1.51. The second-order valence-electron chi connectivity index (χ2n) is 10.9. The third kappa shape index (κ3) is 2.59. The Bertz CT molecular complexity index is 2710. The summed E-state index contributed by atoms with van der Waals surface area (Å²) in [5.41, 5.74) is 7.55. The first-order valence-electron chi connectivity index (χ1n) is 13.9. The Hall–Kier alpha value is -5.55. The van der Waals surface area contributed by atoms with Gasteiger partial charge in [-0.25, -0.2) is 9.97 Å². The molecule has 0 spiro atoms. The summed E-state index contributed by atoms with van der Waals surface area (Å²) in [6, 6.07) is 37.1. The van der Waals surface area contributed by atoms with Crippen LogP contribution < -0.4 is 0 Å². The molecular weight excluding hydrogens is 502 g/mol. The Morgan fingerprint density at radius 3 is 2.15 bits per heavy atom. The summed E-state index contributed by atoms with van der Waals surface area (Å²) in [7, 11) is 0. The minimum absolute atomic E-state index is 0.645. The van der Waals surface area contributed by atoms with Crippen molar-refractivity contribution in [1.82, 2.24) is 23.9 Å². The van der Waals surface area contributed by atoms with Crippen LogP contribution in [0.25, 0.3) is 87.7 Å². The van der Waals surface area contributed by atoms with Gasteiger partial charge >= 0.3 is 0 Å². The quantitative estimate of drug-likeness (QED) is 0.216. The van der Waals surface area contributed by atoms with Crippen LogP contribution in [0.2, 0.25) is 0 Å². The van der Waals surface area contributed by atoms with Gasteiger partial charge in [0.05, 0.1) is 33.3 Å². The molecule has 5 aromatic carbocycles. The fourth-order valence-corrected chi connectivity index (χ4v) is 7.11. The van der Waals surface area contributed by atoms with Crippen LogP contribution in [0.15, 0.2) is 109 Å². The number of nitrogens with zero attached hydrogens (tertiary/aromatic N) is 5. The van der Waals surface area contributed by atoms with E-state index in [0.29, 0.717) is 11.6 Å². The van der Waals surface area contributed by atoms with Gasteiger partial charge in [0.15, 0.2) is 5.65 Å². The molecule has 10 rings (SSSR count). The summed E-state index contributed by atoms with van der Waals surface area (Å²) in [5, 5.41) is 10.9. The van der Waals surface area contributed by atoms with E-state index in [-0.39, 0.29) is 0 Å². The van der Waals surface area contributed by atoms with Crippen molar-refractivity contribution in [3.63, 3.8) is 0 Å². The summed E-state index contributed by atoms with van der Waals surface area (Å²) < 4.78 is 4.70. The van der Waals surface area contributed by atoms with Gasteiger partial charge in [-0.1, -0.05) is 60.7 Å². The second kappa shape index (κ2) is 7.34. The van der Waals surface area contributed by atoms with Gasteiger partial charge in [0.25, 0.3) is 0 Å². The molecule has 5 nitrogen and oxygen atoms in total. The average Bonchev–Trinajstić information content (AvgIpc) is 3.64. The van der Waals surface area contributed by atoms with Crippen LogP contribution in [0, 0.1) is 6.92 Å². The van der Waals surface area contributed by atoms with E-state index >= 15 is 0 Å². The van der Waals surface area contributed by atoms with Crippen molar-refractivity contribution >= 4 is 81.7 Å². The molecule has 41 heavy (non-hydrogen) atoms. The molecule has 190 valence electrons. The van der Waals surface area contributed by atoms with E-state index in [1.54, 1.807) is 6.20 Å². The number of benzene rings is 5. The van der Waals surface area contributed by atoms with E-state index < -0.39 is 0 Å². The molecule has 5 heterocycles. The predicted octanol–water partition coefficient (Wildman–Crippen LogP) is 8.73. The molecule has 0 aliphatic rings. The Morgan fingerprint density at radius 1 is 0.537 bits per heavy atom. The van der Waals surface area contributed by atoms with Crippen molar-refractivity contribution < 1.29 is 0 Å². The van der Waals surface area contributed by atoms with Gasteiger partial charge < -0.3 is 4.40 Å². The number of aryl methyl sites for hydroxylation is 1. The van der Waals surface area contributed by atoms with Gasteiger partial charge in [0.1, 0.15) is 0 Å². The lowest BCUT2D eigenvalue weighted by Gasteiger charge is -2.09. The zero-order chi connectivity index (χ0) is 26.8. The summed E-state index contributed by atoms with van der Waals surface area (Å²) >= 11 is 0. The number of aromatic nitrogens is 5. The molecule has 0 saturated heterocycles. The lowest BCUT2D eigenvalue weighted by Crippen LogP contribution is -2.04. The van der Waals surface area contributed by atoms with Crippen LogP contribution in [0.4, 0.5) is 0 Å². The molecule has 0 aliphatic carbocycles. The van der Waals surface area contributed by atoms with Crippen LogP contribution in [0.5, 0.6) is 0 Å². The zero-order valence-corrected chi connectivity index (χ0v) is 22.1. The summed E-state index contributed by atoms with van der Waals surface area (Å²) in [6.07, 6.45) is 1.80. The van der Waals surface area contributed by atoms with Crippen LogP contribution in [-0.2, 0) is 0 Å². The van der Waals surface area contributed by atoms with Crippen molar-refractivity contribution in [1.29, 1.82) is 0 Å². The van der Waals surface area contributed by atoms with Crippen LogP contribution >= 0.6 is 0 Å². The lowest BCUT2D eigenvalue weighted by molar-refractivity contribution is 0.981. The zero-order valence-electron chi connectivity index (χ0n) is 22.1. The normalized spacial score (nSPS) is 12.5. The first kappa shape index (κ1) is 21.3. The molecule has 0 radical (unpaired) electrons. The maximum absolute atomic E-state index is 5.03. The maximum atomic E-state index is 5.03. The number of hydrogen-bond donors (Lipinski definition) is 0. The Labute approximate surface area is 233 Å². The van der Waals surface area contributed by atoms with Gasteiger partial charge in [0, 0.05) is 43.9 Å². The molecule has 5 heteroatoms. The topological polar surface area (TPSA) is 48.0 Å². The van der Waals surface area contributed by atoms with Crippen LogP contribution in [0.1, 0.15) is 5.69 Å². The number of rotatable bonds is 1. The second-order valence-corrected chi connectivity index (χ2v) is 10.9. The number of fused-ring (bicyclic) bond motifs is 12. The van der Waals surface area contributed by atoms with E-state index in [1.807, 2.05) is 19.1 Å². The molecule has 0 bridgehead atoms. The first-order valence-corrected chi connectivity index (χ1v) is 13.9. The minimum atomic E-state index is 0.645. The molecular formula is C36H21N5. The molecule has 10 aromatic rings. The van der Waals surface area contributed by atoms with Crippen molar-refractivity contribution in [2.45, 2.75) is 6.92 Å². The molecule has 0 aliphatic heterocycles. The molecule has 0 N–H and O–H groups in total. The molecule has 5 aromatic heterocycles. The Kier molecular flexibility index (Phi) is 3.81. The highest BCUT2D eigenvalue weighted by Crippen LogP contribution is 2.47. The van der Waals surface area contributed by atoms with Crippen LogP contribution in [0.3, 0.4) is 0 Å². The van der Waals surface area contributed by atoms with E-state index in [2.05, 4.69) is 105 Å². The fourth-order valence-electron chi connectivity index (χ4n) is 7.11. The highest BCUT2D eigenvalue weighted by Gasteiger charge is 2.25. The molecule has 0 unspecified atom stereocenters. The van der Waals surface area contributed by atoms with Gasteiger partial charge in [-0.2, -0.15) is 4.98 Å². The van der Waals surface area contributed by atoms with Crippen LogP contribution in [-0.4, -0.2) is 23.9 Å². The average molecular weight is 524 g/mol. The van der Waals surface area contributed by atoms with Crippen molar-refractivity contribution in [3.05, 3.63) is 115 Å². The summed E-state index contributed by atoms with van der Waals surface area (Å²) in [6.45, 7) is 2.04. The number of pyridine rings is 1. The third-order valence-corrected chi connectivity index (χ3v) is 8.82. The molecule has 0 amide bonds. The largest absolute Gasteiger partial charge is 0.308 e. The SMILES string of the molecule is Cc1nc(-n2c3ccccc3c3c4c5cc6ccccc6cc5n5c6ccccc6c(cc32)c45)nc2ncccc12. The van der Waals surface area contributed by atoms with E-state index in [0.717, 1.165) is 22.1 Å². The minimum Gasteiger partial charge on any atom is -0.308 e. The lowest BCUT2D eigenvalue weighted by atomic mass is 10.0. The third-order valence-electron chi connectivity index (χ3n) is 8.82. The maximum Gasteiger partial charge on any atom is 0.236 e. The fraction of sp³-hybridized carbons (Fsp3) is 0.0278. The van der Waals surface area contributed by atoms with E-state index in [1.165, 1.54) is 59.6 Å². The summed E-state index contributed by atoms with van der Waals surface area (Å²) in [5.74, 6) is 0.645. The smallest absolute Gasteiger partial charge is 0.236 e. The van der Waals surface area contributed by atoms with Gasteiger partial charge in [0.2, 0.25) is 5.95 Å². The van der Waals surface area contributed by atoms with Crippen molar-refractivity contribution in [2.75, 3.05) is 0 Å². The van der Waals surface area contributed by atoms with Gasteiger partial charge in [-0.05, 0) is 60.2 Å². The summed E-state index contributed by atoms with van der Waals surface area (Å²) in [4.78, 5) is 14.6. The highest BCUT2D eigenvalue weighted by atomic mass is 15.2. The molecule has 0 atom stereocenters. The van der Waals surface area contributed by atoms with E-state index in [9.17, 15) is 0 Å². The standard InChI is InChI=1S/C36H21N5/c1-20-23-13-8-16-37-35(23)39-36(38-20)41-29-15-7-5-12-25(29)32-31(41)19-26-24-11-4-6-14-28(24)40-30-18-22-10-3-2-9-21(22)17-27(30)33(32)34(26)40/h2-19H,1H3. The van der Waals surface area contributed by atoms with Gasteiger partial charge in [-0.15, -0.1) is 0 Å². The predicted molar refractivity (Wildman–Crippen MR) is 169 cm³/mol. The van der Waals surface area contributed by atoms with Crippen molar-refractivity contribution in [2.24, 2.45) is 0 Å². The highest BCUT2D eigenvalue weighted by molar-refractivity contribution is 6.36.